The number of aromatic carboxylic acids is 1. The molecule has 2 N–H and O–H groups in total. The molecule has 1 aliphatic carbocycles. The quantitative estimate of drug-likeness (QED) is 0.517. The maximum absolute atomic E-state index is 12.3. The SMILES string of the molecule is O=C(O)c1ccc(CC2C3CCC(O3)C2/C=N/NCC(=O)C2CCCCC2)cc1. The number of hydrogen-bond donors (Lipinski definition) is 2. The monoisotopic (exact) mass is 398 g/mol. The van der Waals surface area contributed by atoms with Crippen LogP contribution in [0.25, 0.3) is 0 Å². The van der Waals surface area contributed by atoms with E-state index in [9.17, 15) is 9.59 Å². The summed E-state index contributed by atoms with van der Waals surface area (Å²) in [6.07, 6.45) is 11.0. The molecular weight excluding hydrogens is 368 g/mol. The van der Waals surface area contributed by atoms with Crippen molar-refractivity contribution in [3.8, 4) is 0 Å². The Bertz CT molecular complexity index is 755. The summed E-state index contributed by atoms with van der Waals surface area (Å²) in [5.41, 5.74) is 4.40. The van der Waals surface area contributed by atoms with Crippen molar-refractivity contribution in [2.45, 2.75) is 63.6 Å². The molecule has 2 bridgehead atoms. The third-order valence-electron chi connectivity index (χ3n) is 6.81. The van der Waals surface area contributed by atoms with E-state index in [0.29, 0.717) is 18.0 Å². The van der Waals surface area contributed by atoms with Gasteiger partial charge in [-0.2, -0.15) is 5.10 Å². The zero-order valence-corrected chi connectivity index (χ0v) is 16.8. The minimum atomic E-state index is -0.904. The fraction of sp³-hybridized carbons (Fsp3) is 0.609. The molecule has 4 atom stereocenters. The lowest BCUT2D eigenvalue weighted by Gasteiger charge is -2.25. The Morgan fingerprint density at radius 2 is 1.79 bits per heavy atom. The van der Waals surface area contributed by atoms with Crippen molar-refractivity contribution in [1.82, 2.24) is 5.43 Å². The first-order chi connectivity index (χ1) is 14.1. The maximum Gasteiger partial charge on any atom is 0.335 e. The Morgan fingerprint density at radius 3 is 2.52 bits per heavy atom. The molecule has 0 amide bonds. The van der Waals surface area contributed by atoms with Gasteiger partial charge in [0.1, 0.15) is 0 Å². The second-order valence-electron chi connectivity index (χ2n) is 8.65. The molecule has 1 saturated carbocycles. The smallest absolute Gasteiger partial charge is 0.335 e. The Morgan fingerprint density at radius 1 is 1.07 bits per heavy atom. The van der Waals surface area contributed by atoms with Crippen LogP contribution in [0.1, 0.15) is 60.9 Å². The van der Waals surface area contributed by atoms with Gasteiger partial charge in [-0.3, -0.25) is 4.79 Å². The first kappa shape index (κ1) is 20.1. The molecule has 1 aromatic carbocycles. The molecule has 0 spiro atoms. The Kier molecular flexibility index (Phi) is 6.28. The van der Waals surface area contributed by atoms with Gasteiger partial charge >= 0.3 is 5.97 Å². The summed E-state index contributed by atoms with van der Waals surface area (Å²) >= 11 is 0. The maximum atomic E-state index is 12.3. The summed E-state index contributed by atoms with van der Waals surface area (Å²) in [6.45, 7) is 0.310. The number of hydrogen-bond acceptors (Lipinski definition) is 5. The average Bonchev–Trinajstić information content (AvgIpc) is 3.34. The van der Waals surface area contributed by atoms with Crippen LogP contribution >= 0.6 is 0 Å². The number of nitrogens with one attached hydrogen (secondary N) is 1. The van der Waals surface area contributed by atoms with Gasteiger partial charge in [-0.05, 0) is 55.7 Å². The average molecular weight is 399 g/mol. The van der Waals surface area contributed by atoms with Crippen molar-refractivity contribution in [3.63, 3.8) is 0 Å². The zero-order chi connectivity index (χ0) is 20.2. The van der Waals surface area contributed by atoms with Crippen LogP contribution in [0.15, 0.2) is 29.4 Å². The number of ketones is 1. The summed E-state index contributed by atoms with van der Waals surface area (Å²) in [5.74, 6) is 0.146. The summed E-state index contributed by atoms with van der Waals surface area (Å²) in [4.78, 5) is 23.3. The van der Waals surface area contributed by atoms with E-state index in [2.05, 4.69) is 10.5 Å². The Balaban J connectivity index is 1.32. The van der Waals surface area contributed by atoms with Crippen LogP contribution in [0.2, 0.25) is 0 Å². The number of carbonyl (C=O) groups is 2. The van der Waals surface area contributed by atoms with E-state index in [4.69, 9.17) is 9.84 Å². The molecule has 4 rings (SSSR count). The van der Waals surface area contributed by atoms with Gasteiger partial charge in [-0.15, -0.1) is 0 Å². The molecular formula is C23H30N2O4. The molecule has 0 radical (unpaired) electrons. The number of carboxylic acid groups (broad SMARTS) is 1. The first-order valence-electron chi connectivity index (χ1n) is 10.9. The van der Waals surface area contributed by atoms with Crippen LogP contribution in [0.3, 0.4) is 0 Å². The number of carbonyl (C=O) groups excluding carboxylic acids is 1. The van der Waals surface area contributed by atoms with Crippen LogP contribution < -0.4 is 5.43 Å². The summed E-state index contributed by atoms with van der Waals surface area (Å²) in [5, 5.41) is 13.4. The second kappa shape index (κ2) is 9.08. The predicted octanol–water partition coefficient (Wildman–Crippen LogP) is 3.45. The Labute approximate surface area is 171 Å². The number of nitrogens with zero attached hydrogens (tertiary/aromatic N) is 1. The molecule has 2 aliphatic heterocycles. The lowest BCUT2D eigenvalue weighted by molar-refractivity contribution is -0.122. The van der Waals surface area contributed by atoms with Gasteiger partial charge in [0.15, 0.2) is 5.78 Å². The van der Waals surface area contributed by atoms with Crippen molar-refractivity contribution >= 4 is 18.0 Å². The molecule has 29 heavy (non-hydrogen) atoms. The van der Waals surface area contributed by atoms with Crippen LogP contribution in [-0.4, -0.2) is 41.8 Å². The number of carboxylic acids is 1. The molecule has 3 aliphatic rings. The third-order valence-corrected chi connectivity index (χ3v) is 6.81. The lowest BCUT2D eigenvalue weighted by Crippen LogP contribution is -2.31. The van der Waals surface area contributed by atoms with E-state index in [1.54, 1.807) is 12.1 Å². The number of benzene rings is 1. The fourth-order valence-corrected chi connectivity index (χ4v) is 5.17. The largest absolute Gasteiger partial charge is 0.478 e. The van der Waals surface area contributed by atoms with E-state index in [1.165, 1.54) is 6.42 Å². The highest BCUT2D eigenvalue weighted by Crippen LogP contribution is 2.44. The van der Waals surface area contributed by atoms with Crippen LogP contribution in [0, 0.1) is 17.8 Å². The van der Waals surface area contributed by atoms with Gasteiger partial charge in [-0.1, -0.05) is 31.4 Å². The minimum Gasteiger partial charge on any atom is -0.478 e. The Hall–Kier alpha value is -2.21. The van der Waals surface area contributed by atoms with Crippen LogP contribution in [0.4, 0.5) is 0 Å². The van der Waals surface area contributed by atoms with E-state index in [0.717, 1.165) is 50.5 Å². The molecule has 6 heteroatoms. The molecule has 2 saturated heterocycles. The van der Waals surface area contributed by atoms with Crippen molar-refractivity contribution in [3.05, 3.63) is 35.4 Å². The van der Waals surface area contributed by atoms with E-state index < -0.39 is 5.97 Å². The molecule has 4 unspecified atom stereocenters. The number of fused-ring (bicyclic) bond motifs is 2. The highest BCUT2D eigenvalue weighted by atomic mass is 16.5. The molecule has 156 valence electrons. The van der Waals surface area contributed by atoms with Gasteiger partial charge in [0.25, 0.3) is 0 Å². The van der Waals surface area contributed by atoms with Crippen LogP contribution in [-0.2, 0) is 16.0 Å². The number of hydrazone groups is 1. The second-order valence-corrected chi connectivity index (χ2v) is 8.65. The molecule has 0 aromatic heterocycles. The summed E-state index contributed by atoms with van der Waals surface area (Å²) in [7, 11) is 0. The number of ether oxygens (including phenoxy) is 1. The number of Topliss-reactive ketones (excluding diaryl/α,β-unsaturated/α-hetero) is 1. The van der Waals surface area contributed by atoms with E-state index in [1.807, 2.05) is 18.3 Å². The highest BCUT2D eigenvalue weighted by molar-refractivity contribution is 5.87. The van der Waals surface area contributed by atoms with Crippen molar-refractivity contribution in [1.29, 1.82) is 0 Å². The summed E-state index contributed by atoms with van der Waals surface area (Å²) in [6, 6.07) is 7.11. The standard InChI is InChI=1S/C23H30N2O4/c26-20(16-4-2-1-3-5-16)14-25-24-13-19-18(21-10-11-22(19)29-21)12-15-6-8-17(9-7-15)23(27)28/h6-9,13,16,18-19,21-22,25H,1-5,10-12,14H2,(H,27,28)/b24-13+. The van der Waals surface area contributed by atoms with E-state index in [-0.39, 0.29) is 29.8 Å². The van der Waals surface area contributed by atoms with Gasteiger partial charge in [0.05, 0.1) is 24.3 Å². The van der Waals surface area contributed by atoms with Gasteiger partial charge < -0.3 is 15.3 Å². The fourth-order valence-electron chi connectivity index (χ4n) is 5.17. The lowest BCUT2D eigenvalue weighted by atomic mass is 9.77. The molecule has 1 aromatic rings. The molecule has 2 heterocycles. The predicted molar refractivity (Wildman–Crippen MR) is 110 cm³/mol. The number of rotatable bonds is 8. The third kappa shape index (κ3) is 4.69. The highest BCUT2D eigenvalue weighted by Gasteiger charge is 2.47. The molecule has 6 nitrogen and oxygen atoms in total. The van der Waals surface area contributed by atoms with Gasteiger partial charge in [0, 0.05) is 18.1 Å². The minimum absolute atomic E-state index is 0.197. The van der Waals surface area contributed by atoms with Gasteiger partial charge in [-0.25, -0.2) is 4.79 Å². The topological polar surface area (TPSA) is 88.0 Å². The first-order valence-corrected chi connectivity index (χ1v) is 10.9. The van der Waals surface area contributed by atoms with Crippen molar-refractivity contribution in [2.24, 2.45) is 22.9 Å². The normalized spacial score (nSPS) is 29.4. The zero-order valence-electron chi connectivity index (χ0n) is 16.8. The summed E-state index contributed by atoms with van der Waals surface area (Å²) < 4.78 is 6.12. The van der Waals surface area contributed by atoms with E-state index >= 15 is 0 Å². The van der Waals surface area contributed by atoms with Crippen molar-refractivity contribution in [2.75, 3.05) is 6.54 Å². The van der Waals surface area contributed by atoms with Gasteiger partial charge in [0.2, 0.25) is 0 Å². The van der Waals surface area contributed by atoms with Crippen LogP contribution in [0.5, 0.6) is 0 Å². The van der Waals surface area contributed by atoms with Crippen molar-refractivity contribution < 1.29 is 19.4 Å². The molecule has 3 fully saturated rings.